The average Bonchev–Trinajstić information content (AvgIpc) is 2.72. The molecule has 2 aromatic rings. The maximum Gasteiger partial charge on any atom is 0.254 e. The van der Waals surface area contributed by atoms with Gasteiger partial charge in [0.2, 0.25) is 0 Å². The molecule has 2 aromatic heterocycles. The molecule has 1 aliphatic rings. The smallest absolute Gasteiger partial charge is 0.254 e. The second-order valence-corrected chi connectivity index (χ2v) is 5.57. The molecular formula is C13H19N5O. The van der Waals surface area contributed by atoms with Crippen LogP contribution in [0.2, 0.25) is 0 Å². The van der Waals surface area contributed by atoms with Crippen molar-refractivity contribution in [3.05, 3.63) is 18.1 Å². The van der Waals surface area contributed by atoms with Crippen LogP contribution in [-0.2, 0) is 0 Å². The molecule has 3 rings (SSSR count). The van der Waals surface area contributed by atoms with E-state index in [0.29, 0.717) is 5.78 Å². The number of hydrogen-bond donors (Lipinski definition) is 1. The molecule has 0 spiro atoms. The van der Waals surface area contributed by atoms with E-state index in [1.165, 1.54) is 6.33 Å². The fourth-order valence-electron chi connectivity index (χ4n) is 2.63. The molecule has 3 heterocycles. The van der Waals surface area contributed by atoms with E-state index in [4.69, 9.17) is 0 Å². The Bertz CT molecular complexity index is 592. The van der Waals surface area contributed by atoms with Crippen LogP contribution >= 0.6 is 0 Å². The predicted octanol–water partition coefficient (Wildman–Crippen LogP) is 1.17. The van der Waals surface area contributed by atoms with Gasteiger partial charge in [0.1, 0.15) is 12.1 Å². The van der Waals surface area contributed by atoms with Gasteiger partial charge >= 0.3 is 0 Å². The molecule has 0 aliphatic carbocycles. The van der Waals surface area contributed by atoms with E-state index < -0.39 is 5.60 Å². The molecule has 0 saturated carbocycles. The quantitative estimate of drug-likeness (QED) is 0.834. The van der Waals surface area contributed by atoms with Gasteiger partial charge in [-0.25, -0.2) is 4.98 Å². The number of nitrogens with zero attached hydrogens (tertiary/aromatic N) is 5. The van der Waals surface area contributed by atoms with E-state index in [1.807, 2.05) is 19.9 Å². The molecule has 1 fully saturated rings. The molecule has 6 heteroatoms. The van der Waals surface area contributed by atoms with E-state index in [2.05, 4.69) is 20.0 Å². The topological polar surface area (TPSA) is 66.5 Å². The Morgan fingerprint density at radius 2 is 2.16 bits per heavy atom. The molecule has 0 aromatic carbocycles. The highest BCUT2D eigenvalue weighted by molar-refractivity contribution is 5.47. The van der Waals surface area contributed by atoms with Gasteiger partial charge in [0.25, 0.3) is 5.78 Å². The fourth-order valence-corrected chi connectivity index (χ4v) is 2.63. The van der Waals surface area contributed by atoms with Crippen LogP contribution in [0.25, 0.3) is 5.78 Å². The zero-order chi connectivity index (χ0) is 13.5. The van der Waals surface area contributed by atoms with E-state index in [1.54, 1.807) is 4.52 Å². The molecule has 1 aliphatic heterocycles. The van der Waals surface area contributed by atoms with Crippen molar-refractivity contribution in [3.8, 4) is 0 Å². The van der Waals surface area contributed by atoms with Crippen LogP contribution in [0.3, 0.4) is 0 Å². The Labute approximate surface area is 112 Å². The van der Waals surface area contributed by atoms with Gasteiger partial charge < -0.3 is 10.0 Å². The first-order valence-corrected chi connectivity index (χ1v) is 6.70. The summed E-state index contributed by atoms with van der Waals surface area (Å²) < 4.78 is 1.77. The number of anilines is 1. The highest BCUT2D eigenvalue weighted by Crippen LogP contribution is 2.25. The largest absolute Gasteiger partial charge is 0.390 e. The first-order chi connectivity index (χ1) is 9.05. The normalized spacial score (nSPS) is 24.7. The summed E-state index contributed by atoms with van der Waals surface area (Å²) in [5.41, 5.74) is 0.379. The molecule has 0 bridgehead atoms. The summed E-state index contributed by atoms with van der Waals surface area (Å²) in [7, 11) is 0. The monoisotopic (exact) mass is 261 g/mol. The van der Waals surface area contributed by atoms with E-state index in [-0.39, 0.29) is 0 Å². The van der Waals surface area contributed by atoms with Crippen molar-refractivity contribution in [3.63, 3.8) is 0 Å². The van der Waals surface area contributed by atoms with Crippen molar-refractivity contribution in [2.75, 3.05) is 18.0 Å². The summed E-state index contributed by atoms with van der Waals surface area (Å²) in [6.07, 6.45) is 4.11. The number of hydrogen-bond acceptors (Lipinski definition) is 5. The first-order valence-electron chi connectivity index (χ1n) is 6.70. The number of fused-ring (bicyclic) bond motifs is 1. The van der Waals surface area contributed by atoms with Crippen LogP contribution in [0.5, 0.6) is 0 Å². The summed E-state index contributed by atoms with van der Waals surface area (Å²) in [5.74, 6) is 1.64. The van der Waals surface area contributed by atoms with Crippen LogP contribution in [0.1, 0.15) is 31.9 Å². The number of aryl methyl sites for hydroxylation is 1. The molecule has 0 radical (unpaired) electrons. The number of rotatable bonds is 1. The van der Waals surface area contributed by atoms with Crippen LogP contribution in [0, 0.1) is 6.92 Å². The summed E-state index contributed by atoms with van der Waals surface area (Å²) in [6, 6.07) is 2.03. The minimum absolute atomic E-state index is 0.557. The summed E-state index contributed by atoms with van der Waals surface area (Å²) in [4.78, 5) is 10.8. The molecule has 0 amide bonds. The molecular weight excluding hydrogens is 242 g/mol. The van der Waals surface area contributed by atoms with Crippen molar-refractivity contribution in [2.45, 2.75) is 38.7 Å². The van der Waals surface area contributed by atoms with Gasteiger partial charge in [0, 0.05) is 24.8 Å². The van der Waals surface area contributed by atoms with E-state index >= 15 is 0 Å². The van der Waals surface area contributed by atoms with E-state index in [9.17, 15) is 5.11 Å². The van der Waals surface area contributed by atoms with Crippen molar-refractivity contribution in [2.24, 2.45) is 0 Å². The van der Waals surface area contributed by atoms with Gasteiger partial charge in [-0.3, -0.25) is 0 Å². The average molecular weight is 261 g/mol. The molecule has 1 unspecified atom stereocenters. The lowest BCUT2D eigenvalue weighted by Crippen LogP contribution is -2.29. The Morgan fingerprint density at radius 1 is 1.32 bits per heavy atom. The maximum absolute atomic E-state index is 10.2. The third-order valence-corrected chi connectivity index (χ3v) is 3.75. The predicted molar refractivity (Wildman–Crippen MR) is 72.2 cm³/mol. The summed E-state index contributed by atoms with van der Waals surface area (Å²) >= 11 is 0. The van der Waals surface area contributed by atoms with E-state index in [0.717, 1.165) is 43.9 Å². The summed E-state index contributed by atoms with van der Waals surface area (Å²) in [5, 5.41) is 14.4. The number of aromatic nitrogens is 4. The molecule has 1 saturated heterocycles. The fraction of sp³-hybridized carbons (Fsp3) is 0.615. The lowest BCUT2D eigenvalue weighted by atomic mass is 9.98. The molecule has 6 nitrogen and oxygen atoms in total. The zero-order valence-corrected chi connectivity index (χ0v) is 11.4. The highest BCUT2D eigenvalue weighted by Gasteiger charge is 2.26. The molecule has 1 N–H and O–H groups in total. The van der Waals surface area contributed by atoms with Gasteiger partial charge in [-0.1, -0.05) is 0 Å². The highest BCUT2D eigenvalue weighted by atomic mass is 16.3. The molecule has 102 valence electrons. The SMILES string of the molecule is Cc1cc(N2CCCC(C)(O)CC2)n2ncnc2n1. The van der Waals surface area contributed by atoms with Gasteiger partial charge in [-0.05, 0) is 33.1 Å². The van der Waals surface area contributed by atoms with Gasteiger partial charge in [-0.15, -0.1) is 0 Å². The standard InChI is InChI=1S/C13H19N5O/c1-10-8-11(18-12(16-10)14-9-15-18)17-6-3-4-13(2,19)5-7-17/h8-9,19H,3-7H2,1-2H3. The maximum atomic E-state index is 10.2. The van der Waals surface area contributed by atoms with Crippen LogP contribution in [-0.4, -0.2) is 43.4 Å². The Kier molecular flexibility index (Phi) is 2.89. The van der Waals surface area contributed by atoms with Crippen molar-refractivity contribution in [1.29, 1.82) is 0 Å². The first kappa shape index (κ1) is 12.3. The van der Waals surface area contributed by atoms with Gasteiger partial charge in [0.05, 0.1) is 5.60 Å². The third kappa shape index (κ3) is 2.40. The van der Waals surface area contributed by atoms with Crippen molar-refractivity contribution in [1.82, 2.24) is 19.6 Å². The number of aliphatic hydroxyl groups is 1. The van der Waals surface area contributed by atoms with Crippen molar-refractivity contribution >= 4 is 11.6 Å². The Morgan fingerprint density at radius 3 is 3.00 bits per heavy atom. The second-order valence-electron chi connectivity index (χ2n) is 5.57. The van der Waals surface area contributed by atoms with Crippen LogP contribution in [0.15, 0.2) is 12.4 Å². The second kappa shape index (κ2) is 4.45. The lowest BCUT2D eigenvalue weighted by Gasteiger charge is -2.24. The minimum Gasteiger partial charge on any atom is -0.390 e. The summed E-state index contributed by atoms with van der Waals surface area (Å²) in [6.45, 7) is 5.63. The molecule has 19 heavy (non-hydrogen) atoms. The molecule has 1 atom stereocenters. The van der Waals surface area contributed by atoms with Crippen LogP contribution in [0.4, 0.5) is 5.82 Å². The Balaban J connectivity index is 1.97. The van der Waals surface area contributed by atoms with Gasteiger partial charge in [0.15, 0.2) is 0 Å². The van der Waals surface area contributed by atoms with Crippen LogP contribution < -0.4 is 4.90 Å². The van der Waals surface area contributed by atoms with Crippen molar-refractivity contribution < 1.29 is 5.11 Å². The zero-order valence-electron chi connectivity index (χ0n) is 11.4. The Hall–Kier alpha value is -1.69. The third-order valence-electron chi connectivity index (χ3n) is 3.75. The lowest BCUT2D eigenvalue weighted by molar-refractivity contribution is 0.0481. The van der Waals surface area contributed by atoms with Gasteiger partial charge in [-0.2, -0.15) is 14.6 Å². The minimum atomic E-state index is -0.557.